The van der Waals surface area contributed by atoms with E-state index in [1.54, 1.807) is 0 Å². The number of aliphatic hydroxyl groups excluding tert-OH is 1. The zero-order chi connectivity index (χ0) is 12.7. The van der Waals surface area contributed by atoms with E-state index in [1.165, 1.54) is 0 Å². The van der Waals surface area contributed by atoms with Gasteiger partial charge in [0.2, 0.25) is 5.91 Å². The normalized spacial score (nSPS) is 14.6. The number of carboxylic acids is 1. The average Bonchev–Trinajstić information content (AvgIpc) is 2.15. The molecule has 0 radical (unpaired) electrons. The van der Waals surface area contributed by atoms with E-state index in [9.17, 15) is 9.59 Å². The molecule has 0 rings (SSSR count). The molecule has 94 valence electrons. The molecule has 6 heteroatoms. The molecule has 0 aliphatic carbocycles. The summed E-state index contributed by atoms with van der Waals surface area (Å²) in [5, 5.41) is 19.7. The molecule has 0 aliphatic heterocycles. The summed E-state index contributed by atoms with van der Waals surface area (Å²) in [5.41, 5.74) is 5.60. The highest BCUT2D eigenvalue weighted by Crippen LogP contribution is 2.03. The van der Waals surface area contributed by atoms with Crippen molar-refractivity contribution in [2.75, 3.05) is 6.61 Å². The van der Waals surface area contributed by atoms with Crippen molar-refractivity contribution in [1.82, 2.24) is 5.32 Å². The summed E-state index contributed by atoms with van der Waals surface area (Å²) in [6.45, 7) is 3.56. The van der Waals surface area contributed by atoms with Crippen molar-refractivity contribution in [2.45, 2.75) is 38.8 Å². The van der Waals surface area contributed by atoms with Crippen molar-refractivity contribution in [3.8, 4) is 0 Å². The summed E-state index contributed by atoms with van der Waals surface area (Å²) in [5.74, 6) is -1.39. The summed E-state index contributed by atoms with van der Waals surface area (Å²) >= 11 is 0. The number of nitrogens with two attached hydrogens (primary N) is 1. The lowest BCUT2D eigenvalue weighted by Gasteiger charge is -2.18. The monoisotopic (exact) mass is 232 g/mol. The quantitative estimate of drug-likeness (QED) is 0.464. The lowest BCUT2D eigenvalue weighted by molar-refractivity contribution is -0.142. The van der Waals surface area contributed by atoms with E-state index < -0.39 is 24.0 Å². The minimum atomic E-state index is -1.17. The number of rotatable bonds is 7. The van der Waals surface area contributed by atoms with Gasteiger partial charge in [-0.1, -0.05) is 13.8 Å². The maximum absolute atomic E-state index is 11.5. The molecule has 0 bridgehead atoms. The van der Waals surface area contributed by atoms with Crippen LogP contribution >= 0.6 is 0 Å². The Balaban J connectivity index is 4.23. The molecule has 0 aromatic rings. The third-order valence-electron chi connectivity index (χ3n) is 2.09. The maximum atomic E-state index is 11.5. The van der Waals surface area contributed by atoms with E-state index in [4.69, 9.17) is 15.9 Å². The number of nitrogens with one attached hydrogen (secondary N) is 1. The molecular weight excluding hydrogens is 212 g/mol. The molecule has 0 aliphatic rings. The largest absolute Gasteiger partial charge is 0.480 e. The van der Waals surface area contributed by atoms with Crippen LogP contribution < -0.4 is 11.1 Å². The van der Waals surface area contributed by atoms with Crippen molar-refractivity contribution in [1.29, 1.82) is 0 Å². The van der Waals surface area contributed by atoms with Crippen LogP contribution in [0.2, 0.25) is 0 Å². The standard InChI is InChI=1S/C10H20N2O4/c1-6(2)5-7(11)9(14)12-8(3-4-13)10(15)16/h6-8,13H,3-5,11H2,1-2H3,(H,12,14)(H,15,16)/t7?,8-/m0/s1. The molecule has 0 aromatic carbocycles. The van der Waals surface area contributed by atoms with Crippen LogP contribution in [-0.4, -0.2) is 40.8 Å². The van der Waals surface area contributed by atoms with Gasteiger partial charge < -0.3 is 21.3 Å². The van der Waals surface area contributed by atoms with Gasteiger partial charge in [0.25, 0.3) is 0 Å². The number of carbonyl (C=O) groups is 2. The number of hydrogen-bond donors (Lipinski definition) is 4. The van der Waals surface area contributed by atoms with Gasteiger partial charge in [-0.3, -0.25) is 4.79 Å². The van der Waals surface area contributed by atoms with Crippen molar-refractivity contribution in [3.05, 3.63) is 0 Å². The predicted molar refractivity (Wildman–Crippen MR) is 58.7 cm³/mol. The lowest BCUT2D eigenvalue weighted by atomic mass is 10.0. The Hall–Kier alpha value is -1.14. The van der Waals surface area contributed by atoms with Crippen molar-refractivity contribution < 1.29 is 19.8 Å². The Morgan fingerprint density at radius 2 is 1.94 bits per heavy atom. The van der Waals surface area contributed by atoms with Crippen molar-refractivity contribution in [2.24, 2.45) is 11.7 Å². The first-order valence-electron chi connectivity index (χ1n) is 5.28. The molecule has 0 saturated carbocycles. The number of carboxylic acid groups (broad SMARTS) is 1. The highest BCUT2D eigenvalue weighted by molar-refractivity contribution is 5.86. The van der Waals surface area contributed by atoms with Crippen LogP contribution in [0.1, 0.15) is 26.7 Å². The van der Waals surface area contributed by atoms with Gasteiger partial charge in [0.15, 0.2) is 0 Å². The molecule has 0 fully saturated rings. The molecule has 2 atom stereocenters. The first-order valence-corrected chi connectivity index (χ1v) is 5.28. The van der Waals surface area contributed by atoms with Crippen LogP contribution in [-0.2, 0) is 9.59 Å². The number of aliphatic hydroxyl groups is 1. The molecular formula is C10H20N2O4. The minimum absolute atomic E-state index is 0.0184. The topological polar surface area (TPSA) is 113 Å². The van der Waals surface area contributed by atoms with Gasteiger partial charge in [-0.15, -0.1) is 0 Å². The number of carbonyl (C=O) groups excluding carboxylic acids is 1. The highest BCUT2D eigenvalue weighted by Gasteiger charge is 2.22. The third kappa shape index (κ3) is 5.67. The molecule has 5 N–H and O–H groups in total. The molecule has 0 aromatic heterocycles. The van der Waals surface area contributed by atoms with E-state index in [0.29, 0.717) is 6.42 Å². The van der Waals surface area contributed by atoms with Gasteiger partial charge in [0.05, 0.1) is 6.04 Å². The van der Waals surface area contributed by atoms with Crippen LogP contribution in [0.3, 0.4) is 0 Å². The summed E-state index contributed by atoms with van der Waals surface area (Å²) < 4.78 is 0. The van der Waals surface area contributed by atoms with E-state index >= 15 is 0 Å². The Morgan fingerprint density at radius 1 is 1.38 bits per heavy atom. The van der Waals surface area contributed by atoms with E-state index in [2.05, 4.69) is 5.32 Å². The summed E-state index contributed by atoms with van der Waals surface area (Å²) in [7, 11) is 0. The fourth-order valence-corrected chi connectivity index (χ4v) is 1.28. The Labute approximate surface area is 94.8 Å². The lowest BCUT2D eigenvalue weighted by Crippen LogP contribution is -2.49. The molecule has 0 spiro atoms. The van der Waals surface area contributed by atoms with Crippen LogP contribution in [0.5, 0.6) is 0 Å². The van der Waals surface area contributed by atoms with Gasteiger partial charge in [-0.2, -0.15) is 0 Å². The summed E-state index contributed by atoms with van der Waals surface area (Å²) in [4.78, 5) is 22.2. The first kappa shape index (κ1) is 14.9. The van der Waals surface area contributed by atoms with Crippen molar-refractivity contribution in [3.63, 3.8) is 0 Å². The van der Waals surface area contributed by atoms with Crippen LogP contribution in [0.4, 0.5) is 0 Å². The van der Waals surface area contributed by atoms with Crippen LogP contribution in [0.15, 0.2) is 0 Å². The van der Waals surface area contributed by atoms with E-state index in [0.717, 1.165) is 0 Å². The molecule has 0 saturated heterocycles. The molecule has 1 amide bonds. The number of aliphatic carboxylic acids is 1. The van der Waals surface area contributed by atoms with Gasteiger partial charge in [0, 0.05) is 13.0 Å². The van der Waals surface area contributed by atoms with Crippen LogP contribution in [0.25, 0.3) is 0 Å². The molecule has 0 heterocycles. The van der Waals surface area contributed by atoms with Gasteiger partial charge in [-0.05, 0) is 12.3 Å². The van der Waals surface area contributed by atoms with Crippen molar-refractivity contribution >= 4 is 11.9 Å². The fourth-order valence-electron chi connectivity index (χ4n) is 1.28. The summed E-state index contributed by atoms with van der Waals surface area (Å²) in [6.07, 6.45) is 0.479. The second-order valence-corrected chi connectivity index (χ2v) is 4.15. The van der Waals surface area contributed by atoms with Gasteiger partial charge in [0.1, 0.15) is 6.04 Å². The molecule has 1 unspecified atom stereocenters. The SMILES string of the molecule is CC(C)CC(N)C(=O)N[C@@H](CCO)C(=O)O. The zero-order valence-electron chi connectivity index (χ0n) is 9.64. The average molecular weight is 232 g/mol. The van der Waals surface area contributed by atoms with Crippen LogP contribution in [0, 0.1) is 5.92 Å². The first-order chi connectivity index (χ1) is 7.38. The molecule has 6 nitrogen and oxygen atoms in total. The third-order valence-corrected chi connectivity index (χ3v) is 2.09. The number of hydrogen-bond acceptors (Lipinski definition) is 4. The zero-order valence-corrected chi connectivity index (χ0v) is 9.64. The van der Waals surface area contributed by atoms with Gasteiger partial charge in [-0.25, -0.2) is 4.79 Å². The van der Waals surface area contributed by atoms with Gasteiger partial charge >= 0.3 is 5.97 Å². The fraction of sp³-hybridized carbons (Fsp3) is 0.800. The van der Waals surface area contributed by atoms with E-state index in [-0.39, 0.29) is 18.9 Å². The van der Waals surface area contributed by atoms with E-state index in [1.807, 2.05) is 13.8 Å². The Kier molecular flexibility index (Phi) is 6.67. The number of amides is 1. The predicted octanol–water partition coefficient (Wildman–Crippen LogP) is -0.688. The molecule has 16 heavy (non-hydrogen) atoms. The Bertz CT molecular complexity index is 243. The smallest absolute Gasteiger partial charge is 0.326 e. The summed E-state index contributed by atoms with van der Waals surface area (Å²) in [6, 6.07) is -1.78. The second kappa shape index (κ2) is 7.19. The Morgan fingerprint density at radius 3 is 2.31 bits per heavy atom. The second-order valence-electron chi connectivity index (χ2n) is 4.15. The highest BCUT2D eigenvalue weighted by atomic mass is 16.4. The minimum Gasteiger partial charge on any atom is -0.480 e. The maximum Gasteiger partial charge on any atom is 0.326 e.